The summed E-state index contributed by atoms with van der Waals surface area (Å²) in [6.45, 7) is 11.5. The minimum atomic E-state index is -0.764. The lowest BCUT2D eigenvalue weighted by atomic mass is 10.0. The van der Waals surface area contributed by atoms with Crippen LogP contribution < -0.4 is 0 Å². The number of carbonyl (C=O) groups excluding carboxylic acids is 3. The zero-order chi connectivity index (χ0) is 53.2. The second kappa shape index (κ2) is 59.7. The molecule has 0 saturated heterocycles. The van der Waals surface area contributed by atoms with Crippen LogP contribution in [0.2, 0.25) is 0 Å². The average Bonchev–Trinajstić information content (AvgIpc) is 3.37. The molecule has 73 heavy (non-hydrogen) atoms. The maximum Gasteiger partial charge on any atom is 0.306 e. The number of rotatable bonds is 61. The van der Waals surface area contributed by atoms with Crippen molar-refractivity contribution in [1.82, 2.24) is 0 Å². The number of hydrogen-bond acceptors (Lipinski definition) is 6. The van der Waals surface area contributed by atoms with Crippen LogP contribution in [-0.2, 0) is 28.6 Å². The Kier molecular flexibility index (Phi) is 58.4. The van der Waals surface area contributed by atoms with Gasteiger partial charge in [0.2, 0.25) is 0 Å². The molecule has 0 aromatic heterocycles. The molecule has 0 fully saturated rings. The van der Waals surface area contributed by atoms with Gasteiger partial charge in [0, 0.05) is 19.3 Å². The van der Waals surface area contributed by atoms with Gasteiger partial charge >= 0.3 is 17.9 Å². The predicted octanol–water partition coefficient (Wildman–Crippen LogP) is 22.4. The van der Waals surface area contributed by atoms with Crippen molar-refractivity contribution in [3.05, 3.63) is 0 Å². The van der Waals surface area contributed by atoms with Crippen molar-refractivity contribution in [1.29, 1.82) is 0 Å². The van der Waals surface area contributed by atoms with E-state index in [2.05, 4.69) is 34.6 Å². The molecule has 0 amide bonds. The van der Waals surface area contributed by atoms with Gasteiger partial charge in [-0.3, -0.25) is 14.4 Å². The minimum absolute atomic E-state index is 0.0616. The van der Waals surface area contributed by atoms with Gasteiger partial charge in [0.1, 0.15) is 13.2 Å². The maximum atomic E-state index is 12.9. The normalized spacial score (nSPS) is 12.0. The number of unbranched alkanes of at least 4 members (excludes halogenated alkanes) is 46. The minimum Gasteiger partial charge on any atom is -0.462 e. The lowest BCUT2D eigenvalue weighted by Gasteiger charge is -2.18. The molecule has 0 N–H and O–H groups in total. The fraction of sp³-hybridized carbons (Fsp3) is 0.955. The second-order valence-corrected chi connectivity index (χ2v) is 24.1. The van der Waals surface area contributed by atoms with Crippen LogP contribution in [0.4, 0.5) is 0 Å². The summed E-state index contributed by atoms with van der Waals surface area (Å²) < 4.78 is 17.0. The summed E-state index contributed by atoms with van der Waals surface area (Å²) in [5.41, 5.74) is 0. The van der Waals surface area contributed by atoms with E-state index in [0.29, 0.717) is 19.3 Å². The highest BCUT2D eigenvalue weighted by Gasteiger charge is 2.19. The summed E-state index contributed by atoms with van der Waals surface area (Å²) in [6.07, 6.45) is 66.8. The molecule has 0 radical (unpaired) electrons. The fourth-order valence-electron chi connectivity index (χ4n) is 10.5. The number of carbonyl (C=O) groups is 3. The van der Waals surface area contributed by atoms with Crippen molar-refractivity contribution in [2.45, 2.75) is 387 Å². The third kappa shape index (κ3) is 61.1. The van der Waals surface area contributed by atoms with Gasteiger partial charge in [-0.05, 0) is 31.1 Å². The Labute approximate surface area is 457 Å². The van der Waals surface area contributed by atoms with E-state index < -0.39 is 6.10 Å². The molecule has 0 unspecified atom stereocenters. The van der Waals surface area contributed by atoms with Crippen molar-refractivity contribution < 1.29 is 28.6 Å². The van der Waals surface area contributed by atoms with Crippen LogP contribution in [0.3, 0.4) is 0 Å². The van der Waals surface area contributed by atoms with E-state index in [1.165, 1.54) is 270 Å². The van der Waals surface area contributed by atoms with Gasteiger partial charge in [-0.15, -0.1) is 0 Å². The molecular formula is C67H130O6. The number of hydrogen-bond donors (Lipinski definition) is 0. The first-order chi connectivity index (χ1) is 35.7. The van der Waals surface area contributed by atoms with Crippen LogP contribution in [0.15, 0.2) is 0 Å². The fourth-order valence-corrected chi connectivity index (χ4v) is 10.5. The summed E-state index contributed by atoms with van der Waals surface area (Å²) in [6, 6.07) is 0. The molecule has 0 aromatic rings. The third-order valence-corrected chi connectivity index (χ3v) is 15.5. The summed E-state index contributed by atoms with van der Waals surface area (Å²) in [5, 5.41) is 0. The van der Waals surface area contributed by atoms with Crippen molar-refractivity contribution in [3.8, 4) is 0 Å². The van der Waals surface area contributed by atoms with E-state index >= 15 is 0 Å². The largest absolute Gasteiger partial charge is 0.462 e. The molecule has 0 heterocycles. The Balaban J connectivity index is 4.27. The first-order valence-corrected chi connectivity index (χ1v) is 33.2. The van der Waals surface area contributed by atoms with Gasteiger partial charge < -0.3 is 14.2 Å². The molecule has 0 aliphatic rings. The monoisotopic (exact) mass is 1030 g/mol. The molecule has 0 bridgehead atoms. The van der Waals surface area contributed by atoms with Crippen LogP contribution in [0.25, 0.3) is 0 Å². The Morgan fingerprint density at radius 3 is 0.671 bits per heavy atom. The zero-order valence-electron chi connectivity index (χ0n) is 50.3. The van der Waals surface area contributed by atoms with Crippen LogP contribution in [0.5, 0.6) is 0 Å². The predicted molar refractivity (Wildman–Crippen MR) is 316 cm³/mol. The van der Waals surface area contributed by atoms with Gasteiger partial charge in [0.25, 0.3) is 0 Å². The quantitative estimate of drug-likeness (QED) is 0.0343. The number of esters is 3. The van der Waals surface area contributed by atoms with Gasteiger partial charge in [0.15, 0.2) is 6.10 Å². The molecule has 434 valence electrons. The van der Waals surface area contributed by atoms with Crippen LogP contribution >= 0.6 is 0 Å². The lowest BCUT2D eigenvalue weighted by Crippen LogP contribution is -2.30. The molecule has 1 atom stereocenters. The topological polar surface area (TPSA) is 78.9 Å². The molecular weight excluding hydrogens is 901 g/mol. The zero-order valence-corrected chi connectivity index (χ0v) is 50.3. The molecule has 6 nitrogen and oxygen atoms in total. The van der Waals surface area contributed by atoms with Gasteiger partial charge in [-0.2, -0.15) is 0 Å². The van der Waals surface area contributed by atoms with Gasteiger partial charge in [0.05, 0.1) is 0 Å². The van der Waals surface area contributed by atoms with Crippen LogP contribution in [0, 0.1) is 11.8 Å². The van der Waals surface area contributed by atoms with E-state index in [4.69, 9.17) is 14.2 Å². The van der Waals surface area contributed by atoms with E-state index in [1.54, 1.807) is 0 Å². The molecule has 6 heteroatoms. The van der Waals surface area contributed by atoms with Crippen molar-refractivity contribution >= 4 is 17.9 Å². The first-order valence-electron chi connectivity index (χ1n) is 33.2. The van der Waals surface area contributed by atoms with Gasteiger partial charge in [-0.1, -0.05) is 343 Å². The Bertz CT molecular complexity index is 1120. The first kappa shape index (κ1) is 71.4. The third-order valence-electron chi connectivity index (χ3n) is 15.5. The molecule has 0 aliphatic carbocycles. The highest BCUT2D eigenvalue weighted by Crippen LogP contribution is 2.19. The van der Waals surface area contributed by atoms with E-state index in [0.717, 1.165) is 69.6 Å². The summed E-state index contributed by atoms with van der Waals surface area (Å²) in [5.74, 6) is 0.863. The average molecular weight is 1030 g/mol. The van der Waals surface area contributed by atoms with Crippen molar-refractivity contribution in [3.63, 3.8) is 0 Å². The summed E-state index contributed by atoms with van der Waals surface area (Å²) >= 11 is 0. The lowest BCUT2D eigenvalue weighted by molar-refractivity contribution is -0.167. The Morgan fingerprint density at radius 2 is 0.452 bits per heavy atom. The maximum absolute atomic E-state index is 12.9. The second-order valence-electron chi connectivity index (χ2n) is 24.1. The van der Waals surface area contributed by atoms with Crippen molar-refractivity contribution in [2.75, 3.05) is 13.2 Å². The standard InChI is InChI=1S/C67H130O6/c1-6-7-8-9-10-11-12-13-14-15-16-20-23-26-32-37-42-47-52-57-65(68)71-60-64(61-72-66(69)58-53-48-43-38-33-29-28-31-36-41-46-51-56-63(4)5)73-67(70)59-54-49-44-39-34-27-24-21-18-17-19-22-25-30-35-40-45-50-55-62(2)3/h62-64H,6-61H2,1-5H3/t64-/m0/s1. The molecule has 0 saturated carbocycles. The number of ether oxygens (including phenoxy) is 3. The van der Waals surface area contributed by atoms with E-state index in [-0.39, 0.29) is 31.1 Å². The molecule has 0 aromatic carbocycles. The Hall–Kier alpha value is -1.59. The van der Waals surface area contributed by atoms with Crippen LogP contribution in [-0.4, -0.2) is 37.2 Å². The van der Waals surface area contributed by atoms with Crippen LogP contribution in [0.1, 0.15) is 381 Å². The summed E-state index contributed by atoms with van der Waals surface area (Å²) in [4.78, 5) is 38.4. The smallest absolute Gasteiger partial charge is 0.306 e. The summed E-state index contributed by atoms with van der Waals surface area (Å²) in [7, 11) is 0. The van der Waals surface area contributed by atoms with Crippen molar-refractivity contribution in [2.24, 2.45) is 11.8 Å². The molecule has 0 spiro atoms. The van der Waals surface area contributed by atoms with E-state index in [9.17, 15) is 14.4 Å². The molecule has 0 aliphatic heterocycles. The highest BCUT2D eigenvalue weighted by atomic mass is 16.6. The highest BCUT2D eigenvalue weighted by molar-refractivity contribution is 5.71. The SMILES string of the molecule is CCCCCCCCCCCCCCCCCCCCCC(=O)OC[C@@H](COC(=O)CCCCCCCCCCCCCCC(C)C)OC(=O)CCCCCCCCCCCCCCCCCCCCC(C)C. The molecule has 0 rings (SSSR count). The van der Waals surface area contributed by atoms with E-state index in [1.807, 2.05) is 0 Å². The van der Waals surface area contributed by atoms with Gasteiger partial charge in [-0.25, -0.2) is 0 Å². The Morgan fingerprint density at radius 1 is 0.260 bits per heavy atom.